The minimum atomic E-state index is -0.349. The second kappa shape index (κ2) is 7.40. The maximum Gasteiger partial charge on any atom is 0.0685 e. The topological polar surface area (TPSA) is 33.6 Å². The third-order valence-corrected chi connectivity index (χ3v) is 6.14. The molecule has 5 heteroatoms. The van der Waals surface area contributed by atoms with E-state index in [0.717, 1.165) is 29.2 Å². The van der Waals surface area contributed by atoms with Gasteiger partial charge < -0.3 is 10.1 Å². The van der Waals surface area contributed by atoms with Crippen LogP contribution in [0.25, 0.3) is 0 Å². The normalized spacial score (nSPS) is 26.3. The molecule has 2 aliphatic heterocycles. The van der Waals surface area contributed by atoms with E-state index in [0.29, 0.717) is 11.6 Å². The van der Waals surface area contributed by atoms with E-state index in [1.165, 1.54) is 11.1 Å². The van der Waals surface area contributed by atoms with Gasteiger partial charge in [0.05, 0.1) is 17.7 Å². The summed E-state index contributed by atoms with van der Waals surface area (Å²) in [5.41, 5.74) is 3.98. The Balaban J connectivity index is 1.90. The first-order chi connectivity index (χ1) is 13.1. The third-order valence-electron chi connectivity index (χ3n) is 5.67. The van der Waals surface area contributed by atoms with E-state index in [1.807, 2.05) is 24.3 Å². The molecule has 0 radical (unpaired) electrons. The molecule has 4 rings (SSSR count). The van der Waals surface area contributed by atoms with Crippen molar-refractivity contribution in [2.45, 2.75) is 23.8 Å². The van der Waals surface area contributed by atoms with E-state index in [1.54, 1.807) is 7.11 Å². The van der Waals surface area contributed by atoms with Gasteiger partial charge in [0.25, 0.3) is 0 Å². The molecule has 0 saturated carbocycles. The first kappa shape index (κ1) is 18.7. The summed E-state index contributed by atoms with van der Waals surface area (Å²) in [6.45, 7) is 5.71. The first-order valence-corrected chi connectivity index (χ1v) is 9.82. The Hall–Kier alpha value is -1.65. The van der Waals surface area contributed by atoms with Crippen molar-refractivity contribution in [2.24, 2.45) is 4.99 Å². The number of hydrogen-bond acceptors (Lipinski definition) is 3. The average molecular weight is 401 g/mol. The van der Waals surface area contributed by atoms with Crippen LogP contribution in [-0.2, 0) is 10.2 Å². The summed E-state index contributed by atoms with van der Waals surface area (Å²) in [7, 11) is 1.70. The lowest BCUT2D eigenvalue weighted by atomic mass is 9.60. The summed E-state index contributed by atoms with van der Waals surface area (Å²) >= 11 is 12.6. The molecule has 0 unspecified atom stereocenters. The number of rotatable bonds is 4. The van der Waals surface area contributed by atoms with Crippen molar-refractivity contribution in [3.05, 3.63) is 75.8 Å². The fourth-order valence-electron chi connectivity index (χ4n) is 4.63. The summed E-state index contributed by atoms with van der Waals surface area (Å²) in [5.74, 6) is 0.224. The number of methoxy groups -OCH3 is 1. The van der Waals surface area contributed by atoms with Gasteiger partial charge in [-0.05, 0) is 53.9 Å². The predicted octanol–water partition coefficient (Wildman–Crippen LogP) is 5.30. The van der Waals surface area contributed by atoms with Crippen LogP contribution >= 0.6 is 23.2 Å². The first-order valence-electron chi connectivity index (χ1n) is 9.07. The molecule has 1 spiro atoms. The highest BCUT2D eigenvalue weighted by Gasteiger charge is 2.52. The zero-order chi connectivity index (χ0) is 19.0. The zero-order valence-electron chi connectivity index (χ0n) is 15.2. The number of ether oxygens (including phenoxy) is 1. The van der Waals surface area contributed by atoms with Gasteiger partial charge in [-0.1, -0.05) is 48.0 Å². The fourth-order valence-corrected chi connectivity index (χ4v) is 4.99. The van der Waals surface area contributed by atoms with Crippen LogP contribution in [0.15, 0.2) is 59.6 Å². The summed E-state index contributed by atoms with van der Waals surface area (Å²) in [4.78, 5) is 4.76. The average Bonchev–Trinajstić information content (AvgIpc) is 3.00. The van der Waals surface area contributed by atoms with Crippen molar-refractivity contribution in [1.29, 1.82) is 0 Å². The lowest BCUT2D eigenvalue weighted by Gasteiger charge is -2.48. The molecule has 0 aromatic heterocycles. The molecule has 0 bridgehead atoms. The van der Waals surface area contributed by atoms with Gasteiger partial charge >= 0.3 is 0 Å². The Morgan fingerprint density at radius 3 is 2.85 bits per heavy atom. The molecule has 1 fully saturated rings. The smallest absolute Gasteiger partial charge is 0.0685 e. The van der Waals surface area contributed by atoms with E-state index >= 15 is 0 Å². The van der Waals surface area contributed by atoms with Gasteiger partial charge in [-0.3, -0.25) is 4.99 Å². The highest BCUT2D eigenvalue weighted by atomic mass is 35.5. The standard InChI is InChI=1S/C22H22Cl2N2O/c1-14(12-27-2)21-22(13-26-20-11-17(24)6-7-19(20)22)18(8-9-25-21)15-4-3-5-16(23)10-15/h3-7,10-11,13,18,21,25H,1,8-9,12H2,2H3/t18-,21-,22-/m0/s1. The maximum atomic E-state index is 6.32. The molecule has 2 heterocycles. The lowest BCUT2D eigenvalue weighted by Crippen LogP contribution is -2.58. The van der Waals surface area contributed by atoms with Crippen molar-refractivity contribution in [3.63, 3.8) is 0 Å². The monoisotopic (exact) mass is 400 g/mol. The molecule has 1 N–H and O–H groups in total. The molecule has 27 heavy (non-hydrogen) atoms. The van der Waals surface area contributed by atoms with Crippen LogP contribution in [-0.4, -0.2) is 32.5 Å². The molecule has 2 aliphatic rings. The summed E-state index contributed by atoms with van der Waals surface area (Å²) in [6.07, 6.45) is 3.06. The minimum Gasteiger partial charge on any atom is -0.380 e. The van der Waals surface area contributed by atoms with E-state index < -0.39 is 0 Å². The number of piperidine rings is 1. The Morgan fingerprint density at radius 1 is 1.26 bits per heavy atom. The SMILES string of the molecule is C=C(COC)[C@@H]1NCC[C@@H](c2cccc(Cl)c2)[C@]12C=Nc1cc(Cl)ccc12. The van der Waals surface area contributed by atoms with Gasteiger partial charge in [0.15, 0.2) is 0 Å². The number of benzene rings is 2. The largest absolute Gasteiger partial charge is 0.380 e. The van der Waals surface area contributed by atoms with E-state index in [-0.39, 0.29) is 17.4 Å². The summed E-state index contributed by atoms with van der Waals surface area (Å²) in [5, 5.41) is 5.11. The van der Waals surface area contributed by atoms with E-state index in [2.05, 4.69) is 36.3 Å². The lowest BCUT2D eigenvalue weighted by molar-refractivity contribution is 0.202. The number of halogens is 2. The third kappa shape index (κ3) is 3.13. The summed E-state index contributed by atoms with van der Waals surface area (Å²) < 4.78 is 5.40. The van der Waals surface area contributed by atoms with Crippen molar-refractivity contribution in [3.8, 4) is 0 Å². The van der Waals surface area contributed by atoms with Crippen molar-refractivity contribution < 1.29 is 4.74 Å². The molecule has 0 aliphatic carbocycles. The predicted molar refractivity (Wildman–Crippen MR) is 113 cm³/mol. The molecular formula is C22H22Cl2N2O. The number of nitrogens with one attached hydrogen (secondary N) is 1. The Labute approximate surface area is 170 Å². The molecule has 3 atom stereocenters. The van der Waals surface area contributed by atoms with Crippen molar-refractivity contribution >= 4 is 35.1 Å². The number of fused-ring (bicyclic) bond motifs is 2. The molecular weight excluding hydrogens is 379 g/mol. The highest BCUT2D eigenvalue weighted by Crippen LogP contribution is 2.53. The Bertz CT molecular complexity index is 911. The van der Waals surface area contributed by atoms with Gasteiger partial charge in [-0.15, -0.1) is 0 Å². The quantitative estimate of drug-likeness (QED) is 0.706. The van der Waals surface area contributed by atoms with Crippen LogP contribution in [0.1, 0.15) is 23.5 Å². The van der Waals surface area contributed by atoms with Crippen LogP contribution in [0.2, 0.25) is 10.0 Å². The number of nitrogens with zero attached hydrogens (tertiary/aromatic N) is 1. The molecule has 2 aromatic rings. The number of hydrogen-bond donors (Lipinski definition) is 1. The molecule has 2 aromatic carbocycles. The second-order valence-corrected chi connectivity index (χ2v) is 8.10. The minimum absolute atomic E-state index is 0.0151. The zero-order valence-corrected chi connectivity index (χ0v) is 16.7. The second-order valence-electron chi connectivity index (χ2n) is 7.23. The van der Waals surface area contributed by atoms with Crippen molar-refractivity contribution in [1.82, 2.24) is 5.32 Å². The van der Waals surface area contributed by atoms with Crippen LogP contribution < -0.4 is 5.32 Å². The van der Waals surface area contributed by atoms with Crippen LogP contribution in [0.4, 0.5) is 5.69 Å². The van der Waals surface area contributed by atoms with Crippen LogP contribution in [0, 0.1) is 0 Å². The summed E-state index contributed by atoms with van der Waals surface area (Å²) in [6, 6.07) is 14.1. The van der Waals surface area contributed by atoms with E-state index in [4.69, 9.17) is 32.9 Å². The molecule has 140 valence electrons. The van der Waals surface area contributed by atoms with Gasteiger partial charge in [0.1, 0.15) is 0 Å². The maximum absolute atomic E-state index is 6.32. The van der Waals surface area contributed by atoms with Gasteiger partial charge in [-0.2, -0.15) is 0 Å². The molecule has 0 amide bonds. The molecule has 3 nitrogen and oxygen atoms in total. The van der Waals surface area contributed by atoms with Gasteiger partial charge in [0, 0.05) is 35.3 Å². The highest BCUT2D eigenvalue weighted by molar-refractivity contribution is 6.31. The Morgan fingerprint density at radius 2 is 2.07 bits per heavy atom. The van der Waals surface area contributed by atoms with Crippen molar-refractivity contribution in [2.75, 3.05) is 20.3 Å². The molecule has 1 saturated heterocycles. The Kier molecular flexibility index (Phi) is 5.13. The van der Waals surface area contributed by atoms with Gasteiger partial charge in [-0.25, -0.2) is 0 Å². The van der Waals surface area contributed by atoms with E-state index in [9.17, 15) is 0 Å². The fraction of sp³-hybridized carbons (Fsp3) is 0.318. The number of aliphatic imine (C=N–C) groups is 1. The van der Waals surface area contributed by atoms with Crippen LogP contribution in [0.5, 0.6) is 0 Å². The van der Waals surface area contributed by atoms with Crippen LogP contribution in [0.3, 0.4) is 0 Å². The van der Waals surface area contributed by atoms with Gasteiger partial charge in [0.2, 0.25) is 0 Å².